The van der Waals surface area contributed by atoms with Crippen LogP contribution >= 0.6 is 12.6 Å². The van der Waals surface area contributed by atoms with Crippen LogP contribution in [0.4, 0.5) is 0 Å². The van der Waals surface area contributed by atoms with Crippen molar-refractivity contribution in [2.75, 3.05) is 32.6 Å². The van der Waals surface area contributed by atoms with Gasteiger partial charge >= 0.3 is 0 Å². The van der Waals surface area contributed by atoms with Crippen molar-refractivity contribution in [2.24, 2.45) is 5.92 Å². The zero-order valence-corrected chi connectivity index (χ0v) is 9.59. The van der Waals surface area contributed by atoms with Gasteiger partial charge in [0, 0.05) is 32.0 Å². The largest absolute Gasteiger partial charge is 0.383 e. The SMILES string of the molecule is COCCN(CCS)C(C)C1CC1. The second-order valence-electron chi connectivity index (χ2n) is 3.83. The fourth-order valence-electron chi connectivity index (χ4n) is 1.73. The van der Waals surface area contributed by atoms with Gasteiger partial charge in [0.25, 0.3) is 0 Å². The van der Waals surface area contributed by atoms with Gasteiger partial charge < -0.3 is 4.74 Å². The van der Waals surface area contributed by atoms with E-state index in [1.807, 2.05) is 0 Å². The molecule has 0 amide bonds. The normalized spacial score (nSPS) is 19.4. The molecule has 78 valence electrons. The van der Waals surface area contributed by atoms with E-state index in [4.69, 9.17) is 4.74 Å². The lowest BCUT2D eigenvalue weighted by molar-refractivity contribution is 0.122. The molecule has 0 aromatic carbocycles. The van der Waals surface area contributed by atoms with Crippen molar-refractivity contribution in [2.45, 2.75) is 25.8 Å². The van der Waals surface area contributed by atoms with Crippen molar-refractivity contribution in [1.82, 2.24) is 4.90 Å². The van der Waals surface area contributed by atoms with E-state index in [1.54, 1.807) is 7.11 Å². The Morgan fingerprint density at radius 2 is 2.15 bits per heavy atom. The van der Waals surface area contributed by atoms with E-state index in [0.29, 0.717) is 0 Å². The highest BCUT2D eigenvalue weighted by molar-refractivity contribution is 7.80. The second-order valence-corrected chi connectivity index (χ2v) is 4.28. The molecule has 1 fully saturated rings. The zero-order chi connectivity index (χ0) is 9.68. The van der Waals surface area contributed by atoms with Gasteiger partial charge in [0.05, 0.1) is 6.61 Å². The fourth-order valence-corrected chi connectivity index (χ4v) is 1.99. The van der Waals surface area contributed by atoms with Crippen LogP contribution in [0.25, 0.3) is 0 Å². The summed E-state index contributed by atoms with van der Waals surface area (Å²) in [6.07, 6.45) is 2.83. The molecule has 0 saturated heterocycles. The first-order valence-electron chi connectivity index (χ1n) is 5.13. The van der Waals surface area contributed by atoms with Crippen molar-refractivity contribution < 1.29 is 4.74 Å². The van der Waals surface area contributed by atoms with Gasteiger partial charge in [-0.3, -0.25) is 4.90 Å². The Morgan fingerprint density at radius 1 is 1.46 bits per heavy atom. The Morgan fingerprint density at radius 3 is 2.62 bits per heavy atom. The molecule has 1 atom stereocenters. The molecule has 0 bridgehead atoms. The van der Waals surface area contributed by atoms with Gasteiger partial charge in [-0.25, -0.2) is 0 Å². The molecule has 0 N–H and O–H groups in total. The highest BCUT2D eigenvalue weighted by Crippen LogP contribution is 2.34. The first-order chi connectivity index (χ1) is 6.29. The number of thiol groups is 1. The second kappa shape index (κ2) is 5.89. The molecule has 1 aliphatic rings. The van der Waals surface area contributed by atoms with Gasteiger partial charge in [-0.05, 0) is 25.7 Å². The maximum Gasteiger partial charge on any atom is 0.0589 e. The monoisotopic (exact) mass is 203 g/mol. The average molecular weight is 203 g/mol. The number of rotatable bonds is 7. The van der Waals surface area contributed by atoms with Crippen LogP contribution in [0, 0.1) is 5.92 Å². The van der Waals surface area contributed by atoms with Crippen LogP contribution in [0.2, 0.25) is 0 Å². The van der Waals surface area contributed by atoms with Gasteiger partial charge in [-0.1, -0.05) is 0 Å². The molecule has 3 heteroatoms. The van der Waals surface area contributed by atoms with Gasteiger partial charge in [0.15, 0.2) is 0 Å². The molecule has 0 aliphatic heterocycles. The van der Waals surface area contributed by atoms with Crippen LogP contribution in [0.5, 0.6) is 0 Å². The molecule has 1 saturated carbocycles. The summed E-state index contributed by atoms with van der Waals surface area (Å²) in [7, 11) is 1.76. The topological polar surface area (TPSA) is 12.5 Å². The minimum absolute atomic E-state index is 0.724. The summed E-state index contributed by atoms with van der Waals surface area (Å²) >= 11 is 4.28. The summed E-state index contributed by atoms with van der Waals surface area (Å²) in [5.41, 5.74) is 0. The highest BCUT2D eigenvalue weighted by atomic mass is 32.1. The van der Waals surface area contributed by atoms with Crippen LogP contribution < -0.4 is 0 Å². The van der Waals surface area contributed by atoms with Crippen LogP contribution in [0.15, 0.2) is 0 Å². The molecule has 1 unspecified atom stereocenters. The van der Waals surface area contributed by atoms with E-state index in [-0.39, 0.29) is 0 Å². The zero-order valence-electron chi connectivity index (χ0n) is 8.70. The van der Waals surface area contributed by atoms with Crippen LogP contribution in [-0.4, -0.2) is 43.5 Å². The number of hydrogen-bond donors (Lipinski definition) is 1. The Kier molecular flexibility index (Phi) is 5.14. The molecule has 0 aromatic heterocycles. The van der Waals surface area contributed by atoms with Gasteiger partial charge in [0.1, 0.15) is 0 Å². The van der Waals surface area contributed by atoms with Crippen molar-refractivity contribution >= 4 is 12.6 Å². The molecule has 1 aliphatic carbocycles. The van der Waals surface area contributed by atoms with Crippen LogP contribution in [0.3, 0.4) is 0 Å². The lowest BCUT2D eigenvalue weighted by Gasteiger charge is -2.28. The Bertz CT molecular complexity index is 139. The maximum absolute atomic E-state index is 5.10. The number of ether oxygens (including phenoxy) is 1. The van der Waals surface area contributed by atoms with Crippen molar-refractivity contribution in [3.63, 3.8) is 0 Å². The van der Waals surface area contributed by atoms with E-state index >= 15 is 0 Å². The van der Waals surface area contributed by atoms with Crippen LogP contribution in [-0.2, 0) is 4.74 Å². The molecule has 1 rings (SSSR count). The summed E-state index contributed by atoms with van der Waals surface area (Å²) in [5.74, 6) is 1.89. The summed E-state index contributed by atoms with van der Waals surface area (Å²) in [4.78, 5) is 2.49. The summed E-state index contributed by atoms with van der Waals surface area (Å²) in [6.45, 7) is 5.31. The van der Waals surface area contributed by atoms with Crippen molar-refractivity contribution in [3.8, 4) is 0 Å². The summed E-state index contributed by atoms with van der Waals surface area (Å²) < 4.78 is 5.10. The number of methoxy groups -OCH3 is 1. The van der Waals surface area contributed by atoms with E-state index in [9.17, 15) is 0 Å². The predicted octanol–water partition coefficient (Wildman–Crippen LogP) is 1.66. The van der Waals surface area contributed by atoms with E-state index in [0.717, 1.165) is 37.4 Å². The fraction of sp³-hybridized carbons (Fsp3) is 1.00. The number of hydrogen-bond acceptors (Lipinski definition) is 3. The van der Waals surface area contributed by atoms with E-state index < -0.39 is 0 Å². The molecule has 0 radical (unpaired) electrons. The number of nitrogens with zero attached hydrogens (tertiary/aromatic N) is 1. The average Bonchev–Trinajstić information content (AvgIpc) is 2.94. The summed E-state index contributed by atoms with van der Waals surface area (Å²) in [6, 6.07) is 0.724. The molecule has 0 spiro atoms. The van der Waals surface area contributed by atoms with E-state index in [1.165, 1.54) is 12.8 Å². The Hall–Kier alpha value is 0.270. The van der Waals surface area contributed by atoms with Crippen LogP contribution in [0.1, 0.15) is 19.8 Å². The lowest BCUT2D eigenvalue weighted by Crippen LogP contribution is -2.38. The minimum Gasteiger partial charge on any atom is -0.383 e. The van der Waals surface area contributed by atoms with E-state index in [2.05, 4.69) is 24.5 Å². The molecule has 13 heavy (non-hydrogen) atoms. The third kappa shape index (κ3) is 3.88. The molecule has 0 aromatic rings. The molecular formula is C10H21NOS. The van der Waals surface area contributed by atoms with Gasteiger partial charge in [-0.2, -0.15) is 12.6 Å². The summed E-state index contributed by atoms with van der Waals surface area (Å²) in [5, 5.41) is 0. The Balaban J connectivity index is 2.26. The highest BCUT2D eigenvalue weighted by Gasteiger charge is 2.31. The van der Waals surface area contributed by atoms with Gasteiger partial charge in [-0.15, -0.1) is 0 Å². The standard InChI is InChI=1S/C10H21NOS/c1-9(10-3-4-10)11(6-8-13)5-7-12-2/h9-10,13H,3-8H2,1-2H3. The third-order valence-electron chi connectivity index (χ3n) is 2.85. The Labute approximate surface area is 87.0 Å². The van der Waals surface area contributed by atoms with Gasteiger partial charge in [0.2, 0.25) is 0 Å². The minimum atomic E-state index is 0.724. The quantitative estimate of drug-likeness (QED) is 0.632. The molecule has 2 nitrogen and oxygen atoms in total. The smallest absolute Gasteiger partial charge is 0.0589 e. The third-order valence-corrected chi connectivity index (χ3v) is 3.05. The van der Waals surface area contributed by atoms with Crippen molar-refractivity contribution in [3.05, 3.63) is 0 Å². The molecule has 0 heterocycles. The first kappa shape index (κ1) is 11.3. The molecular weight excluding hydrogens is 182 g/mol. The maximum atomic E-state index is 5.10. The lowest BCUT2D eigenvalue weighted by atomic mass is 10.2. The first-order valence-corrected chi connectivity index (χ1v) is 5.76. The van der Waals surface area contributed by atoms with Crippen molar-refractivity contribution in [1.29, 1.82) is 0 Å². The predicted molar refractivity (Wildman–Crippen MR) is 59.5 cm³/mol.